The molecule has 1 atom stereocenters. The molecular formula is C24H20ClNO3S. The summed E-state index contributed by atoms with van der Waals surface area (Å²) in [5.74, 6) is -0.460. The van der Waals surface area contributed by atoms with Crippen LogP contribution in [0.4, 0.5) is 0 Å². The van der Waals surface area contributed by atoms with Crippen molar-refractivity contribution in [2.24, 2.45) is 0 Å². The summed E-state index contributed by atoms with van der Waals surface area (Å²) in [7, 11) is 0. The number of rotatable bonds is 6. The van der Waals surface area contributed by atoms with Crippen LogP contribution in [0.1, 0.15) is 27.6 Å². The van der Waals surface area contributed by atoms with E-state index in [0.717, 1.165) is 35.9 Å². The molecule has 0 bridgehead atoms. The molecule has 4 nitrogen and oxygen atoms in total. The van der Waals surface area contributed by atoms with Gasteiger partial charge in [0.05, 0.1) is 11.6 Å². The first kappa shape index (κ1) is 20.5. The molecule has 1 aromatic heterocycles. The third-order valence-electron chi connectivity index (χ3n) is 5.18. The predicted octanol–water partition coefficient (Wildman–Crippen LogP) is 5.32. The van der Waals surface area contributed by atoms with Crippen molar-refractivity contribution in [3.8, 4) is 5.06 Å². The molecule has 4 rings (SSSR count). The quantitative estimate of drug-likeness (QED) is 0.297. The summed E-state index contributed by atoms with van der Waals surface area (Å²) in [5, 5.41) is 1.13. The Kier molecular flexibility index (Phi) is 6.13. The summed E-state index contributed by atoms with van der Waals surface area (Å²) < 4.78 is 5.58. The van der Waals surface area contributed by atoms with Crippen LogP contribution in [0, 0.1) is 0 Å². The molecule has 6 heteroatoms. The molecule has 1 aliphatic heterocycles. The van der Waals surface area contributed by atoms with Crippen molar-refractivity contribution in [3.05, 3.63) is 93.8 Å². The van der Waals surface area contributed by atoms with Gasteiger partial charge in [-0.1, -0.05) is 66.7 Å². The average molecular weight is 438 g/mol. The standard InChI is InChI=1S/C24H20ClNO3S/c1-16(17-7-3-2-4-8-17)24(28)29-23-13-18-14-26(12-11-22(18)30-23)21(15-27)19-9-5-6-10-20(19)25/h2-10,13,15,21H,1,11-12,14H2. The van der Waals surface area contributed by atoms with E-state index in [2.05, 4.69) is 11.5 Å². The van der Waals surface area contributed by atoms with E-state index in [0.29, 0.717) is 22.2 Å². The highest BCUT2D eigenvalue weighted by molar-refractivity contribution is 7.14. The van der Waals surface area contributed by atoms with Crippen molar-refractivity contribution in [2.45, 2.75) is 19.0 Å². The Morgan fingerprint density at radius 2 is 1.90 bits per heavy atom. The van der Waals surface area contributed by atoms with Gasteiger partial charge in [-0.2, -0.15) is 0 Å². The molecule has 152 valence electrons. The lowest BCUT2D eigenvalue weighted by molar-refractivity contribution is -0.127. The highest BCUT2D eigenvalue weighted by Gasteiger charge is 2.28. The van der Waals surface area contributed by atoms with E-state index in [4.69, 9.17) is 16.3 Å². The minimum absolute atomic E-state index is 0.323. The fourth-order valence-electron chi connectivity index (χ4n) is 3.60. The maximum absolute atomic E-state index is 12.5. The minimum Gasteiger partial charge on any atom is -0.412 e. The molecule has 2 aromatic carbocycles. The van der Waals surface area contributed by atoms with Crippen molar-refractivity contribution >= 4 is 40.8 Å². The maximum Gasteiger partial charge on any atom is 0.344 e. The second kappa shape index (κ2) is 8.96. The lowest BCUT2D eigenvalue weighted by Gasteiger charge is -2.31. The first-order chi connectivity index (χ1) is 14.6. The number of esters is 1. The van der Waals surface area contributed by atoms with Gasteiger partial charge in [0.2, 0.25) is 0 Å². The minimum atomic E-state index is -0.460. The van der Waals surface area contributed by atoms with E-state index in [-0.39, 0.29) is 0 Å². The number of benzene rings is 2. The molecule has 0 N–H and O–H groups in total. The zero-order valence-corrected chi connectivity index (χ0v) is 17.8. The van der Waals surface area contributed by atoms with Gasteiger partial charge in [0.25, 0.3) is 0 Å². The molecule has 0 amide bonds. The number of aldehydes is 1. The van der Waals surface area contributed by atoms with Crippen LogP contribution in [0.3, 0.4) is 0 Å². The molecule has 0 aliphatic carbocycles. The normalized spacial score (nSPS) is 14.6. The van der Waals surface area contributed by atoms with Gasteiger partial charge in [-0.05, 0) is 35.2 Å². The number of ether oxygens (including phenoxy) is 1. The summed E-state index contributed by atoms with van der Waals surface area (Å²) in [4.78, 5) is 27.6. The predicted molar refractivity (Wildman–Crippen MR) is 120 cm³/mol. The Morgan fingerprint density at radius 1 is 1.17 bits per heavy atom. The molecule has 0 fully saturated rings. The number of hydrogen-bond acceptors (Lipinski definition) is 5. The zero-order valence-electron chi connectivity index (χ0n) is 16.2. The first-order valence-electron chi connectivity index (χ1n) is 9.58. The van der Waals surface area contributed by atoms with Gasteiger partial charge >= 0.3 is 5.97 Å². The lowest BCUT2D eigenvalue weighted by Crippen LogP contribution is -2.34. The number of carbonyl (C=O) groups excluding carboxylic acids is 2. The van der Waals surface area contributed by atoms with Gasteiger partial charge in [-0.25, -0.2) is 4.79 Å². The number of fused-ring (bicyclic) bond motifs is 1. The topological polar surface area (TPSA) is 46.6 Å². The summed E-state index contributed by atoms with van der Waals surface area (Å²) in [6.45, 7) is 5.18. The molecule has 0 saturated carbocycles. The SMILES string of the molecule is C=C(C(=O)Oc1cc2c(s1)CCN(C(C=O)c1ccccc1Cl)C2)c1ccccc1. The summed E-state index contributed by atoms with van der Waals surface area (Å²) in [6.07, 6.45) is 1.72. The highest BCUT2D eigenvalue weighted by atomic mass is 35.5. The van der Waals surface area contributed by atoms with Gasteiger partial charge in [-0.15, -0.1) is 11.3 Å². The number of hydrogen-bond donors (Lipinski definition) is 0. The van der Waals surface area contributed by atoms with E-state index in [1.807, 2.05) is 54.6 Å². The van der Waals surface area contributed by atoms with Gasteiger partial charge in [0.15, 0.2) is 5.06 Å². The Balaban J connectivity index is 1.48. The van der Waals surface area contributed by atoms with Crippen LogP contribution >= 0.6 is 22.9 Å². The van der Waals surface area contributed by atoms with E-state index in [1.54, 1.807) is 6.07 Å². The second-order valence-corrected chi connectivity index (χ2v) is 8.58. The maximum atomic E-state index is 12.5. The summed E-state index contributed by atoms with van der Waals surface area (Å²) in [6, 6.07) is 18.1. The monoisotopic (exact) mass is 437 g/mol. The number of halogens is 1. The molecule has 3 aromatic rings. The van der Waals surface area contributed by atoms with E-state index < -0.39 is 12.0 Å². The molecule has 1 aliphatic rings. The lowest BCUT2D eigenvalue weighted by atomic mass is 10.0. The van der Waals surface area contributed by atoms with Crippen LogP contribution in [0.25, 0.3) is 5.57 Å². The van der Waals surface area contributed by atoms with Crippen molar-refractivity contribution in [2.75, 3.05) is 6.54 Å². The number of thiophene rings is 1. The van der Waals surface area contributed by atoms with E-state index >= 15 is 0 Å². The molecule has 30 heavy (non-hydrogen) atoms. The Bertz CT molecular complexity index is 1090. The Labute approximate surface area is 184 Å². The van der Waals surface area contributed by atoms with Crippen molar-refractivity contribution in [1.29, 1.82) is 0 Å². The third kappa shape index (κ3) is 4.24. The average Bonchev–Trinajstić information content (AvgIpc) is 3.17. The van der Waals surface area contributed by atoms with Crippen LogP contribution in [-0.4, -0.2) is 23.7 Å². The second-order valence-electron chi connectivity index (χ2n) is 7.07. The molecular weight excluding hydrogens is 418 g/mol. The largest absolute Gasteiger partial charge is 0.412 e. The third-order valence-corrected chi connectivity index (χ3v) is 6.64. The fourth-order valence-corrected chi connectivity index (χ4v) is 4.85. The smallest absolute Gasteiger partial charge is 0.344 e. The van der Waals surface area contributed by atoms with Crippen LogP contribution in [-0.2, 0) is 22.6 Å². The van der Waals surface area contributed by atoms with Crippen LogP contribution in [0.2, 0.25) is 5.02 Å². The summed E-state index contributed by atoms with van der Waals surface area (Å²) in [5.41, 5.74) is 2.93. The highest BCUT2D eigenvalue weighted by Crippen LogP contribution is 2.37. The van der Waals surface area contributed by atoms with Crippen LogP contribution in [0.5, 0.6) is 5.06 Å². The molecule has 1 unspecified atom stereocenters. The van der Waals surface area contributed by atoms with Crippen molar-refractivity contribution < 1.29 is 14.3 Å². The van der Waals surface area contributed by atoms with Crippen molar-refractivity contribution in [3.63, 3.8) is 0 Å². The van der Waals surface area contributed by atoms with Crippen LogP contribution in [0.15, 0.2) is 67.2 Å². The number of carbonyl (C=O) groups is 2. The summed E-state index contributed by atoms with van der Waals surface area (Å²) >= 11 is 7.78. The molecule has 0 radical (unpaired) electrons. The zero-order chi connectivity index (χ0) is 21.1. The van der Waals surface area contributed by atoms with Gasteiger partial charge in [-0.3, -0.25) is 4.90 Å². The van der Waals surface area contributed by atoms with Gasteiger partial charge < -0.3 is 9.53 Å². The van der Waals surface area contributed by atoms with Gasteiger partial charge in [0, 0.05) is 23.0 Å². The molecule has 2 heterocycles. The first-order valence-corrected chi connectivity index (χ1v) is 10.8. The van der Waals surface area contributed by atoms with Gasteiger partial charge in [0.1, 0.15) is 6.29 Å². The van der Waals surface area contributed by atoms with Crippen molar-refractivity contribution in [1.82, 2.24) is 4.90 Å². The Morgan fingerprint density at radius 3 is 2.63 bits per heavy atom. The number of nitrogens with zero attached hydrogens (tertiary/aromatic N) is 1. The fraction of sp³-hybridized carbons (Fsp3) is 0.167. The van der Waals surface area contributed by atoms with E-state index in [9.17, 15) is 9.59 Å². The van der Waals surface area contributed by atoms with E-state index in [1.165, 1.54) is 16.2 Å². The van der Waals surface area contributed by atoms with Crippen LogP contribution < -0.4 is 4.74 Å². The Hall–Kier alpha value is -2.73. The molecule has 0 spiro atoms. The molecule has 0 saturated heterocycles.